The number of hydrogen-bond donors (Lipinski definition) is 2. The number of nitrogens with zero attached hydrogens (tertiary/aromatic N) is 1. The molecule has 2 N–H and O–H groups in total. The first kappa shape index (κ1) is 21.1. The number of carbonyl (C=O) groups is 2. The highest BCUT2D eigenvalue weighted by molar-refractivity contribution is 5.95. The Morgan fingerprint density at radius 3 is 2.73 bits per heavy atom. The SMILES string of the molecule is C[C@@H](OC(=O)CCCc1nc2ccccc2c(=O)[nH]1)C(=O)Nc1ccc(F)cc1F. The van der Waals surface area contributed by atoms with E-state index in [4.69, 9.17) is 4.74 Å². The summed E-state index contributed by atoms with van der Waals surface area (Å²) in [5, 5.41) is 2.72. The lowest BCUT2D eigenvalue weighted by atomic mass is 10.2. The number of rotatable bonds is 7. The zero-order valence-electron chi connectivity index (χ0n) is 16.1. The average molecular weight is 415 g/mol. The second-order valence-corrected chi connectivity index (χ2v) is 6.63. The molecule has 1 heterocycles. The van der Waals surface area contributed by atoms with Gasteiger partial charge in [-0.1, -0.05) is 12.1 Å². The molecule has 1 atom stereocenters. The monoisotopic (exact) mass is 415 g/mol. The van der Waals surface area contributed by atoms with Crippen LogP contribution >= 0.6 is 0 Å². The molecule has 156 valence electrons. The van der Waals surface area contributed by atoms with Gasteiger partial charge < -0.3 is 15.0 Å². The van der Waals surface area contributed by atoms with Gasteiger partial charge in [-0.15, -0.1) is 0 Å². The Hall–Kier alpha value is -3.62. The smallest absolute Gasteiger partial charge is 0.306 e. The van der Waals surface area contributed by atoms with Crippen LogP contribution in [0, 0.1) is 11.6 Å². The molecule has 0 unspecified atom stereocenters. The van der Waals surface area contributed by atoms with Crippen molar-refractivity contribution in [3.63, 3.8) is 0 Å². The first-order valence-corrected chi connectivity index (χ1v) is 9.27. The molecule has 0 fully saturated rings. The highest BCUT2D eigenvalue weighted by Gasteiger charge is 2.19. The van der Waals surface area contributed by atoms with Gasteiger partial charge in [-0.3, -0.25) is 14.4 Å². The van der Waals surface area contributed by atoms with Crippen molar-refractivity contribution >= 4 is 28.5 Å². The van der Waals surface area contributed by atoms with Crippen LogP contribution in [0.4, 0.5) is 14.5 Å². The summed E-state index contributed by atoms with van der Waals surface area (Å²) in [5.74, 6) is -2.62. The Morgan fingerprint density at radius 2 is 1.97 bits per heavy atom. The van der Waals surface area contributed by atoms with Gasteiger partial charge in [0, 0.05) is 18.9 Å². The zero-order chi connectivity index (χ0) is 21.7. The van der Waals surface area contributed by atoms with Gasteiger partial charge in [0.15, 0.2) is 6.10 Å². The third-order valence-corrected chi connectivity index (χ3v) is 4.32. The number of amides is 1. The maximum absolute atomic E-state index is 13.6. The van der Waals surface area contributed by atoms with Crippen molar-refractivity contribution in [3.05, 3.63) is 70.3 Å². The lowest BCUT2D eigenvalue weighted by Gasteiger charge is -2.14. The minimum atomic E-state index is -1.17. The molecule has 0 aliphatic heterocycles. The molecule has 0 bridgehead atoms. The van der Waals surface area contributed by atoms with Crippen molar-refractivity contribution < 1.29 is 23.1 Å². The normalized spacial score (nSPS) is 11.8. The Morgan fingerprint density at radius 1 is 1.20 bits per heavy atom. The summed E-state index contributed by atoms with van der Waals surface area (Å²) in [6.45, 7) is 1.34. The van der Waals surface area contributed by atoms with Gasteiger partial charge in [-0.25, -0.2) is 13.8 Å². The van der Waals surface area contributed by atoms with Gasteiger partial charge in [0.2, 0.25) is 0 Å². The lowest BCUT2D eigenvalue weighted by molar-refractivity contribution is -0.153. The topological polar surface area (TPSA) is 101 Å². The van der Waals surface area contributed by atoms with E-state index in [9.17, 15) is 23.2 Å². The van der Waals surface area contributed by atoms with Crippen molar-refractivity contribution in [2.45, 2.75) is 32.3 Å². The summed E-state index contributed by atoms with van der Waals surface area (Å²) >= 11 is 0. The first-order valence-electron chi connectivity index (χ1n) is 9.27. The number of halogens is 2. The molecule has 3 rings (SSSR count). The number of aromatic amines is 1. The van der Waals surface area contributed by atoms with E-state index >= 15 is 0 Å². The van der Waals surface area contributed by atoms with Gasteiger partial charge in [0.25, 0.3) is 11.5 Å². The second kappa shape index (κ2) is 9.25. The van der Waals surface area contributed by atoms with E-state index in [-0.39, 0.29) is 17.7 Å². The predicted octanol–water partition coefficient (Wildman–Crippen LogP) is 3.09. The molecule has 3 aromatic rings. The molecular formula is C21H19F2N3O4. The number of hydrogen-bond acceptors (Lipinski definition) is 5. The number of carbonyl (C=O) groups excluding carboxylic acids is 2. The largest absolute Gasteiger partial charge is 0.453 e. The fourth-order valence-electron chi connectivity index (χ4n) is 2.79. The van der Waals surface area contributed by atoms with E-state index in [0.717, 1.165) is 12.1 Å². The maximum atomic E-state index is 13.6. The summed E-state index contributed by atoms with van der Waals surface area (Å²) in [6.07, 6.45) is -0.475. The molecule has 0 saturated heterocycles. The summed E-state index contributed by atoms with van der Waals surface area (Å²) in [4.78, 5) is 43.1. The molecule has 30 heavy (non-hydrogen) atoms. The number of para-hydroxylation sites is 1. The van der Waals surface area contributed by atoms with E-state index in [1.807, 2.05) is 0 Å². The standard InChI is InChI=1S/C21H19F2N3O4/c1-12(20(28)25-17-10-9-13(22)11-15(17)23)30-19(27)8-4-7-18-24-16-6-3-2-5-14(16)21(29)26-18/h2-3,5-6,9-12H,4,7-8H2,1H3,(H,25,28)(H,24,26,29)/t12-/m1/s1. The highest BCUT2D eigenvalue weighted by Crippen LogP contribution is 2.15. The molecule has 0 aliphatic rings. The minimum Gasteiger partial charge on any atom is -0.453 e. The van der Waals surface area contributed by atoms with Crippen LogP contribution in [0.15, 0.2) is 47.3 Å². The van der Waals surface area contributed by atoms with Gasteiger partial charge in [-0.05, 0) is 37.6 Å². The second-order valence-electron chi connectivity index (χ2n) is 6.63. The third-order valence-electron chi connectivity index (χ3n) is 4.32. The third kappa shape index (κ3) is 5.25. The average Bonchev–Trinajstić information content (AvgIpc) is 2.70. The highest BCUT2D eigenvalue weighted by atomic mass is 19.1. The van der Waals surface area contributed by atoms with Crippen molar-refractivity contribution in [3.8, 4) is 0 Å². The number of nitrogens with one attached hydrogen (secondary N) is 2. The van der Waals surface area contributed by atoms with Crippen LogP contribution in [0.25, 0.3) is 10.9 Å². The quantitative estimate of drug-likeness (QED) is 0.578. The number of H-pyrrole nitrogens is 1. The van der Waals surface area contributed by atoms with Crippen molar-refractivity contribution in [1.82, 2.24) is 9.97 Å². The van der Waals surface area contributed by atoms with E-state index in [1.54, 1.807) is 24.3 Å². The van der Waals surface area contributed by atoms with Crippen LogP contribution in [-0.2, 0) is 20.7 Å². The fraction of sp³-hybridized carbons (Fsp3) is 0.238. The number of ether oxygens (including phenoxy) is 1. The maximum Gasteiger partial charge on any atom is 0.306 e. The summed E-state index contributed by atoms with van der Waals surface area (Å²) in [6, 6.07) is 9.64. The summed E-state index contributed by atoms with van der Waals surface area (Å²) in [7, 11) is 0. The van der Waals surface area contributed by atoms with Crippen LogP contribution in [0.2, 0.25) is 0 Å². The van der Waals surface area contributed by atoms with Gasteiger partial charge in [-0.2, -0.15) is 0 Å². The summed E-state index contributed by atoms with van der Waals surface area (Å²) < 4.78 is 31.5. The van der Waals surface area contributed by atoms with Crippen LogP contribution in [0.1, 0.15) is 25.6 Å². The van der Waals surface area contributed by atoms with E-state index in [1.165, 1.54) is 6.92 Å². The van der Waals surface area contributed by atoms with E-state index in [2.05, 4.69) is 15.3 Å². The minimum absolute atomic E-state index is 0.000926. The predicted molar refractivity (Wildman–Crippen MR) is 106 cm³/mol. The van der Waals surface area contributed by atoms with Gasteiger partial charge in [0.05, 0.1) is 16.6 Å². The Balaban J connectivity index is 1.49. The molecule has 1 aromatic heterocycles. The molecule has 9 heteroatoms. The van der Waals surface area contributed by atoms with Crippen LogP contribution in [0.3, 0.4) is 0 Å². The number of esters is 1. The van der Waals surface area contributed by atoms with E-state index in [0.29, 0.717) is 35.6 Å². The van der Waals surface area contributed by atoms with E-state index < -0.39 is 29.6 Å². The Bertz CT molecular complexity index is 1150. The molecule has 0 radical (unpaired) electrons. The zero-order valence-corrected chi connectivity index (χ0v) is 16.1. The number of aromatic nitrogens is 2. The van der Waals surface area contributed by atoms with Crippen LogP contribution < -0.4 is 10.9 Å². The van der Waals surface area contributed by atoms with Crippen LogP contribution in [0.5, 0.6) is 0 Å². The molecule has 0 aliphatic carbocycles. The first-order chi connectivity index (χ1) is 14.3. The summed E-state index contributed by atoms with van der Waals surface area (Å²) in [5.41, 5.74) is 0.101. The number of fused-ring (bicyclic) bond motifs is 1. The Kier molecular flexibility index (Phi) is 6.51. The van der Waals surface area contributed by atoms with Gasteiger partial charge in [0.1, 0.15) is 17.5 Å². The molecule has 7 nitrogen and oxygen atoms in total. The van der Waals surface area contributed by atoms with Crippen molar-refractivity contribution in [1.29, 1.82) is 0 Å². The molecule has 0 spiro atoms. The lowest BCUT2D eigenvalue weighted by Crippen LogP contribution is -2.30. The molecule has 2 aromatic carbocycles. The van der Waals surface area contributed by atoms with Crippen LogP contribution in [-0.4, -0.2) is 27.9 Å². The van der Waals surface area contributed by atoms with Crippen molar-refractivity contribution in [2.24, 2.45) is 0 Å². The molecular weight excluding hydrogens is 396 g/mol. The molecule has 0 saturated carbocycles. The number of anilines is 1. The number of benzene rings is 2. The fourth-order valence-corrected chi connectivity index (χ4v) is 2.79. The van der Waals surface area contributed by atoms with Gasteiger partial charge >= 0.3 is 5.97 Å². The number of aryl methyl sites for hydroxylation is 1. The van der Waals surface area contributed by atoms with Crippen molar-refractivity contribution in [2.75, 3.05) is 5.32 Å². The molecule has 1 amide bonds. The Labute approximate surface area is 170 Å².